The minimum atomic E-state index is -1.75. The molecule has 2 N–H and O–H groups in total. The third-order valence-electron chi connectivity index (χ3n) is 4.67. The number of hydrogen-bond acceptors (Lipinski definition) is 4. The number of epoxide rings is 1. The van der Waals surface area contributed by atoms with Gasteiger partial charge in [0.25, 0.3) is 5.79 Å². The first-order chi connectivity index (χ1) is 11.1. The number of aliphatic hydroxyl groups is 2. The molecule has 1 aliphatic heterocycles. The van der Waals surface area contributed by atoms with Crippen LogP contribution in [0.5, 0.6) is 0 Å². The molecule has 0 radical (unpaired) electrons. The average Bonchev–Trinajstić information content (AvgIpc) is 3.07. The third kappa shape index (κ3) is 7.97. The SMILES string of the molecule is CCCCCCCCCCCCC1(O)OC1(O)OCCCCC. The predicted molar refractivity (Wildman–Crippen MR) is 92.9 cm³/mol. The van der Waals surface area contributed by atoms with Crippen molar-refractivity contribution in [2.24, 2.45) is 0 Å². The molecule has 1 rings (SSSR count). The van der Waals surface area contributed by atoms with E-state index in [0.29, 0.717) is 13.0 Å². The largest absolute Gasteiger partial charge is 0.359 e. The summed E-state index contributed by atoms with van der Waals surface area (Å²) in [6.45, 7) is 4.80. The summed E-state index contributed by atoms with van der Waals surface area (Å²) in [6.07, 6.45) is 16.0. The van der Waals surface area contributed by atoms with E-state index in [-0.39, 0.29) is 0 Å². The van der Waals surface area contributed by atoms with E-state index in [9.17, 15) is 10.2 Å². The minimum Gasteiger partial charge on any atom is -0.359 e. The normalized spacial score (nSPS) is 26.6. The highest BCUT2D eigenvalue weighted by Gasteiger charge is 2.71. The molecular formula is C19H38O4. The first kappa shape index (κ1) is 20.9. The van der Waals surface area contributed by atoms with E-state index in [1.165, 1.54) is 51.4 Å². The van der Waals surface area contributed by atoms with Crippen LogP contribution in [0.4, 0.5) is 0 Å². The van der Waals surface area contributed by atoms with E-state index in [4.69, 9.17) is 9.47 Å². The van der Waals surface area contributed by atoms with Crippen LogP contribution in [-0.4, -0.2) is 28.6 Å². The van der Waals surface area contributed by atoms with Crippen molar-refractivity contribution in [3.8, 4) is 0 Å². The monoisotopic (exact) mass is 330 g/mol. The van der Waals surface area contributed by atoms with Crippen LogP contribution in [0, 0.1) is 0 Å². The van der Waals surface area contributed by atoms with Crippen LogP contribution < -0.4 is 0 Å². The Labute approximate surface area is 142 Å². The number of hydrogen-bond donors (Lipinski definition) is 2. The van der Waals surface area contributed by atoms with E-state index in [0.717, 1.165) is 32.1 Å². The lowest BCUT2D eigenvalue weighted by Gasteiger charge is -2.11. The summed E-state index contributed by atoms with van der Waals surface area (Å²) in [5.74, 6) is -3.22. The fraction of sp³-hybridized carbons (Fsp3) is 1.00. The lowest BCUT2D eigenvalue weighted by molar-refractivity contribution is -0.204. The van der Waals surface area contributed by atoms with Gasteiger partial charge in [-0.15, -0.1) is 0 Å². The van der Waals surface area contributed by atoms with E-state index >= 15 is 0 Å². The van der Waals surface area contributed by atoms with Crippen molar-refractivity contribution in [1.82, 2.24) is 0 Å². The van der Waals surface area contributed by atoms with E-state index < -0.39 is 11.8 Å². The van der Waals surface area contributed by atoms with Crippen LogP contribution in [0.15, 0.2) is 0 Å². The van der Waals surface area contributed by atoms with Gasteiger partial charge in [-0.25, -0.2) is 0 Å². The standard InChI is InChI=1S/C19H38O4/c1-3-5-7-8-9-10-11-12-13-14-16-18(20)19(21,23-18)22-17-15-6-4-2/h20-21H,3-17H2,1-2H3. The molecule has 0 aromatic rings. The summed E-state index contributed by atoms with van der Waals surface area (Å²) >= 11 is 0. The molecule has 0 aliphatic carbocycles. The predicted octanol–water partition coefficient (Wildman–Crippen LogP) is 4.87. The summed E-state index contributed by atoms with van der Waals surface area (Å²) in [5, 5.41) is 20.1. The molecule has 1 heterocycles. The van der Waals surface area contributed by atoms with Gasteiger partial charge in [-0.1, -0.05) is 84.5 Å². The van der Waals surface area contributed by atoms with Gasteiger partial charge >= 0.3 is 5.97 Å². The number of rotatable bonds is 16. The molecule has 138 valence electrons. The molecule has 0 aromatic carbocycles. The Morgan fingerprint density at radius 2 is 1.17 bits per heavy atom. The zero-order valence-electron chi connectivity index (χ0n) is 15.3. The average molecular weight is 331 g/mol. The number of unbranched alkanes of at least 4 members (excludes halogenated alkanes) is 11. The molecule has 0 amide bonds. The van der Waals surface area contributed by atoms with Gasteiger partial charge in [0.1, 0.15) is 0 Å². The van der Waals surface area contributed by atoms with Crippen LogP contribution >= 0.6 is 0 Å². The summed E-state index contributed by atoms with van der Waals surface area (Å²) < 4.78 is 10.3. The van der Waals surface area contributed by atoms with Crippen molar-refractivity contribution >= 4 is 0 Å². The van der Waals surface area contributed by atoms with Crippen molar-refractivity contribution in [3.63, 3.8) is 0 Å². The summed E-state index contributed by atoms with van der Waals surface area (Å²) in [4.78, 5) is 0. The molecule has 0 spiro atoms. The zero-order chi connectivity index (χ0) is 17.0. The molecule has 2 unspecified atom stereocenters. The third-order valence-corrected chi connectivity index (χ3v) is 4.67. The maximum Gasteiger partial charge on any atom is 0.340 e. The van der Waals surface area contributed by atoms with Crippen LogP contribution in [0.3, 0.4) is 0 Å². The second-order valence-corrected chi connectivity index (χ2v) is 6.96. The maximum atomic E-state index is 10.1. The highest BCUT2D eigenvalue weighted by Crippen LogP contribution is 2.48. The minimum absolute atomic E-state index is 0.435. The lowest BCUT2D eigenvalue weighted by Crippen LogP contribution is -2.29. The van der Waals surface area contributed by atoms with E-state index in [2.05, 4.69) is 13.8 Å². The van der Waals surface area contributed by atoms with Crippen LogP contribution in [-0.2, 0) is 9.47 Å². The van der Waals surface area contributed by atoms with Gasteiger partial charge in [0, 0.05) is 6.42 Å². The fourth-order valence-corrected chi connectivity index (χ4v) is 2.97. The molecule has 23 heavy (non-hydrogen) atoms. The van der Waals surface area contributed by atoms with Gasteiger partial charge in [0.15, 0.2) is 0 Å². The Morgan fingerprint density at radius 3 is 1.74 bits per heavy atom. The highest BCUT2D eigenvalue weighted by molar-refractivity contribution is 4.93. The van der Waals surface area contributed by atoms with E-state index in [1.54, 1.807) is 0 Å². The van der Waals surface area contributed by atoms with Gasteiger partial charge in [-0.2, -0.15) is 0 Å². The van der Waals surface area contributed by atoms with Crippen LogP contribution in [0.1, 0.15) is 104 Å². The quantitative estimate of drug-likeness (QED) is 0.241. The molecule has 0 bridgehead atoms. The Bertz CT molecular complexity index is 297. The highest BCUT2D eigenvalue weighted by atomic mass is 17.0. The van der Waals surface area contributed by atoms with Gasteiger partial charge in [-0.3, -0.25) is 4.74 Å². The van der Waals surface area contributed by atoms with Crippen molar-refractivity contribution in [1.29, 1.82) is 0 Å². The van der Waals surface area contributed by atoms with Crippen molar-refractivity contribution < 1.29 is 19.7 Å². The zero-order valence-corrected chi connectivity index (χ0v) is 15.3. The smallest absolute Gasteiger partial charge is 0.340 e. The van der Waals surface area contributed by atoms with Crippen molar-refractivity contribution in [2.75, 3.05) is 6.61 Å². The first-order valence-corrected chi connectivity index (χ1v) is 9.87. The molecule has 1 aliphatic rings. The second-order valence-electron chi connectivity index (χ2n) is 6.96. The molecule has 1 saturated heterocycles. The Hall–Kier alpha value is -0.160. The van der Waals surface area contributed by atoms with Gasteiger partial charge in [-0.05, 0) is 12.8 Å². The molecule has 0 saturated carbocycles. The van der Waals surface area contributed by atoms with E-state index in [1.807, 2.05) is 0 Å². The maximum absolute atomic E-state index is 10.1. The Balaban J connectivity index is 1.93. The van der Waals surface area contributed by atoms with Gasteiger partial charge in [0.05, 0.1) is 6.61 Å². The molecule has 4 heteroatoms. The molecular weight excluding hydrogens is 292 g/mol. The van der Waals surface area contributed by atoms with Crippen molar-refractivity contribution in [3.05, 3.63) is 0 Å². The molecule has 4 nitrogen and oxygen atoms in total. The molecule has 2 atom stereocenters. The fourth-order valence-electron chi connectivity index (χ4n) is 2.97. The topological polar surface area (TPSA) is 62.2 Å². The Kier molecular flexibility index (Phi) is 10.4. The molecule has 0 aromatic heterocycles. The first-order valence-electron chi connectivity index (χ1n) is 9.87. The lowest BCUT2D eigenvalue weighted by atomic mass is 10.0. The van der Waals surface area contributed by atoms with Crippen LogP contribution in [0.25, 0.3) is 0 Å². The van der Waals surface area contributed by atoms with Crippen LogP contribution in [0.2, 0.25) is 0 Å². The summed E-state index contributed by atoms with van der Waals surface area (Å²) in [7, 11) is 0. The summed E-state index contributed by atoms with van der Waals surface area (Å²) in [6, 6.07) is 0. The number of ether oxygens (including phenoxy) is 2. The van der Waals surface area contributed by atoms with Gasteiger partial charge in [0.2, 0.25) is 0 Å². The van der Waals surface area contributed by atoms with Gasteiger partial charge < -0.3 is 14.9 Å². The Morgan fingerprint density at radius 1 is 0.696 bits per heavy atom. The van der Waals surface area contributed by atoms with Crippen molar-refractivity contribution in [2.45, 2.75) is 115 Å². The molecule has 1 fully saturated rings. The summed E-state index contributed by atoms with van der Waals surface area (Å²) in [5.41, 5.74) is 0. The second kappa shape index (κ2) is 11.4.